The molecule has 1 aromatic heterocycles. The predicted molar refractivity (Wildman–Crippen MR) is 104 cm³/mol. The molecular weight excluding hydrogens is 382 g/mol. The molecule has 0 aliphatic carbocycles. The predicted octanol–water partition coefficient (Wildman–Crippen LogP) is 1.94. The van der Waals surface area contributed by atoms with E-state index in [0.717, 1.165) is 21.9 Å². The highest BCUT2D eigenvalue weighted by molar-refractivity contribution is 7.98. The molecule has 0 atom stereocenters. The number of nitrogens with one attached hydrogen (secondary N) is 1. The van der Waals surface area contributed by atoms with Crippen molar-refractivity contribution in [1.82, 2.24) is 15.4 Å². The van der Waals surface area contributed by atoms with E-state index in [2.05, 4.69) is 10.5 Å². The Hall–Kier alpha value is -2.81. The molecule has 0 aliphatic rings. The molecule has 9 heteroatoms. The van der Waals surface area contributed by atoms with E-state index in [0.29, 0.717) is 11.3 Å². The number of hydrogen-bond donors (Lipinski definition) is 1. The summed E-state index contributed by atoms with van der Waals surface area (Å²) in [5, 5.41) is 6.36. The van der Waals surface area contributed by atoms with Gasteiger partial charge in [0.1, 0.15) is 5.76 Å². The number of rotatable bonds is 8. The Morgan fingerprint density at radius 2 is 1.96 bits per heavy atom. The molecule has 1 heterocycles. The third-order valence-corrected chi connectivity index (χ3v) is 5.17. The second-order valence-electron chi connectivity index (χ2n) is 6.09. The number of nitrogens with zero attached hydrogens (tertiary/aromatic N) is 2. The summed E-state index contributed by atoms with van der Waals surface area (Å²) in [6.45, 7) is 3.18. The van der Waals surface area contributed by atoms with E-state index in [-0.39, 0.29) is 12.5 Å². The lowest BCUT2D eigenvalue weighted by Crippen LogP contribution is -2.39. The van der Waals surface area contributed by atoms with Crippen molar-refractivity contribution in [2.24, 2.45) is 0 Å². The minimum atomic E-state index is -0.594. The molecule has 2 amide bonds. The van der Waals surface area contributed by atoms with E-state index in [4.69, 9.17) is 9.26 Å². The van der Waals surface area contributed by atoms with Crippen LogP contribution in [0.5, 0.6) is 0 Å². The number of likely N-dealkylation sites (N-methyl/N-ethyl adjacent to an activating group) is 2. The van der Waals surface area contributed by atoms with Crippen LogP contribution in [0.3, 0.4) is 0 Å². The summed E-state index contributed by atoms with van der Waals surface area (Å²) in [7, 11) is 2.96. The second-order valence-corrected chi connectivity index (χ2v) is 7.10. The third kappa shape index (κ3) is 5.59. The van der Waals surface area contributed by atoms with Gasteiger partial charge in [-0.2, -0.15) is 0 Å². The monoisotopic (exact) mass is 405 g/mol. The van der Waals surface area contributed by atoms with Crippen LogP contribution in [0.15, 0.2) is 33.7 Å². The van der Waals surface area contributed by atoms with Crippen LogP contribution in [0.1, 0.15) is 27.4 Å². The minimum Gasteiger partial charge on any atom is -0.452 e. The van der Waals surface area contributed by atoms with Gasteiger partial charge in [0, 0.05) is 30.3 Å². The molecule has 1 aromatic carbocycles. The molecule has 150 valence electrons. The Balaban J connectivity index is 1.98. The summed E-state index contributed by atoms with van der Waals surface area (Å²) in [6, 6.07) is 7.03. The molecule has 0 saturated carbocycles. The van der Waals surface area contributed by atoms with Crippen LogP contribution in [0.4, 0.5) is 0 Å². The maximum atomic E-state index is 12.4. The SMILES string of the molecule is CNC(=O)CN(C)C(=O)COC(=O)c1ccccc1SCc1c(C)noc1C. The van der Waals surface area contributed by atoms with Gasteiger partial charge in [-0.1, -0.05) is 17.3 Å². The van der Waals surface area contributed by atoms with Crippen LogP contribution in [0, 0.1) is 13.8 Å². The van der Waals surface area contributed by atoms with E-state index in [9.17, 15) is 14.4 Å². The first-order valence-electron chi connectivity index (χ1n) is 8.58. The van der Waals surface area contributed by atoms with Crippen molar-refractivity contribution in [3.8, 4) is 0 Å². The fourth-order valence-corrected chi connectivity index (χ4v) is 3.51. The first-order valence-corrected chi connectivity index (χ1v) is 9.57. The van der Waals surface area contributed by atoms with Gasteiger partial charge in [-0.3, -0.25) is 9.59 Å². The maximum absolute atomic E-state index is 12.4. The van der Waals surface area contributed by atoms with Gasteiger partial charge in [-0.15, -0.1) is 11.8 Å². The van der Waals surface area contributed by atoms with E-state index in [1.54, 1.807) is 12.1 Å². The third-order valence-electron chi connectivity index (χ3n) is 4.07. The molecule has 1 N–H and O–H groups in total. The number of carbonyl (C=O) groups excluding carboxylic acids is 3. The van der Waals surface area contributed by atoms with Crippen LogP contribution in [-0.4, -0.2) is 55.1 Å². The molecule has 0 aliphatic heterocycles. The lowest BCUT2D eigenvalue weighted by atomic mass is 10.2. The largest absolute Gasteiger partial charge is 0.452 e. The van der Waals surface area contributed by atoms with Crippen molar-refractivity contribution in [3.63, 3.8) is 0 Å². The molecule has 0 bridgehead atoms. The van der Waals surface area contributed by atoms with Crippen LogP contribution in [-0.2, 0) is 20.1 Å². The molecule has 0 saturated heterocycles. The Kier molecular flexibility index (Phi) is 7.62. The van der Waals surface area contributed by atoms with Gasteiger partial charge < -0.3 is 19.5 Å². The Bertz CT molecular complexity index is 846. The number of aryl methyl sites for hydroxylation is 2. The summed E-state index contributed by atoms with van der Waals surface area (Å²) >= 11 is 1.46. The number of benzene rings is 1. The quantitative estimate of drug-likeness (QED) is 0.529. The standard InChI is InChI=1S/C19H23N3O5S/c1-12-15(13(2)27-21-12)11-28-16-8-6-5-7-14(16)19(25)26-10-18(24)22(4)9-17(23)20-3/h5-8H,9-11H2,1-4H3,(H,20,23). The average molecular weight is 405 g/mol. The smallest absolute Gasteiger partial charge is 0.339 e. The Morgan fingerprint density at radius 1 is 1.25 bits per heavy atom. The van der Waals surface area contributed by atoms with Gasteiger partial charge in [0.05, 0.1) is 17.8 Å². The summed E-state index contributed by atoms with van der Waals surface area (Å²) < 4.78 is 10.3. The highest BCUT2D eigenvalue weighted by Gasteiger charge is 2.18. The van der Waals surface area contributed by atoms with Crippen molar-refractivity contribution in [2.75, 3.05) is 27.2 Å². The summed E-state index contributed by atoms with van der Waals surface area (Å²) in [6.07, 6.45) is 0. The molecule has 0 fully saturated rings. The van der Waals surface area contributed by atoms with Crippen LogP contribution in [0.25, 0.3) is 0 Å². The highest BCUT2D eigenvalue weighted by Crippen LogP contribution is 2.29. The molecule has 2 rings (SSSR count). The van der Waals surface area contributed by atoms with E-state index in [1.165, 1.54) is 30.8 Å². The van der Waals surface area contributed by atoms with Crippen molar-refractivity contribution < 1.29 is 23.6 Å². The van der Waals surface area contributed by atoms with Gasteiger partial charge in [0.2, 0.25) is 5.91 Å². The van der Waals surface area contributed by atoms with Crippen molar-refractivity contribution in [2.45, 2.75) is 24.5 Å². The molecule has 8 nitrogen and oxygen atoms in total. The fourth-order valence-electron chi connectivity index (χ4n) is 2.32. The van der Waals surface area contributed by atoms with Gasteiger partial charge >= 0.3 is 5.97 Å². The fraction of sp³-hybridized carbons (Fsp3) is 0.368. The molecule has 0 unspecified atom stereocenters. The van der Waals surface area contributed by atoms with Crippen LogP contribution >= 0.6 is 11.8 Å². The van der Waals surface area contributed by atoms with Gasteiger partial charge in [-0.25, -0.2) is 4.79 Å². The Morgan fingerprint density at radius 3 is 2.61 bits per heavy atom. The first kappa shape index (κ1) is 21.5. The first-order chi connectivity index (χ1) is 13.3. The van der Waals surface area contributed by atoms with Gasteiger partial charge in [0.25, 0.3) is 5.91 Å². The summed E-state index contributed by atoms with van der Waals surface area (Å²) in [4.78, 5) is 37.7. The topological polar surface area (TPSA) is 102 Å². The zero-order valence-electron chi connectivity index (χ0n) is 16.3. The summed E-state index contributed by atoms with van der Waals surface area (Å²) in [5.74, 6) is -0.0152. The van der Waals surface area contributed by atoms with Crippen molar-refractivity contribution in [1.29, 1.82) is 0 Å². The molecule has 0 spiro atoms. The Labute approximate surface area is 167 Å². The average Bonchev–Trinajstić information content (AvgIpc) is 3.01. The summed E-state index contributed by atoms with van der Waals surface area (Å²) in [5.41, 5.74) is 2.18. The zero-order valence-corrected chi connectivity index (χ0v) is 17.1. The maximum Gasteiger partial charge on any atom is 0.339 e. The number of aromatic nitrogens is 1. The van der Waals surface area contributed by atoms with Gasteiger partial charge in [-0.05, 0) is 26.0 Å². The van der Waals surface area contributed by atoms with Crippen molar-refractivity contribution >= 4 is 29.5 Å². The lowest BCUT2D eigenvalue weighted by Gasteiger charge is -2.16. The minimum absolute atomic E-state index is 0.100. The van der Waals surface area contributed by atoms with E-state index >= 15 is 0 Å². The lowest BCUT2D eigenvalue weighted by molar-refractivity contribution is -0.137. The number of carbonyl (C=O) groups is 3. The van der Waals surface area contributed by atoms with Crippen molar-refractivity contribution in [3.05, 3.63) is 46.8 Å². The van der Waals surface area contributed by atoms with Gasteiger partial charge in [0.15, 0.2) is 6.61 Å². The normalized spacial score (nSPS) is 10.4. The molecule has 0 radical (unpaired) electrons. The number of hydrogen-bond acceptors (Lipinski definition) is 7. The zero-order chi connectivity index (χ0) is 20.7. The number of esters is 1. The highest BCUT2D eigenvalue weighted by atomic mass is 32.2. The number of ether oxygens (including phenoxy) is 1. The van der Waals surface area contributed by atoms with Crippen LogP contribution < -0.4 is 5.32 Å². The second kappa shape index (κ2) is 9.93. The van der Waals surface area contributed by atoms with Crippen LogP contribution in [0.2, 0.25) is 0 Å². The molecular formula is C19H23N3O5S. The van der Waals surface area contributed by atoms with E-state index < -0.39 is 18.5 Å². The number of thioether (sulfide) groups is 1. The molecule has 2 aromatic rings. The van der Waals surface area contributed by atoms with E-state index in [1.807, 2.05) is 26.0 Å². The number of amides is 2. The molecule has 28 heavy (non-hydrogen) atoms.